The summed E-state index contributed by atoms with van der Waals surface area (Å²) >= 11 is 0. The van der Waals surface area contributed by atoms with E-state index in [1.54, 1.807) is 6.07 Å². The van der Waals surface area contributed by atoms with Crippen LogP contribution in [0.15, 0.2) is 53.6 Å². The second kappa shape index (κ2) is 7.77. The third kappa shape index (κ3) is 3.65. The van der Waals surface area contributed by atoms with Gasteiger partial charge in [-0.15, -0.1) is 0 Å². The molecule has 0 heterocycles. The van der Waals surface area contributed by atoms with Gasteiger partial charge in [-0.2, -0.15) is 5.10 Å². The molecule has 0 fully saturated rings. The van der Waals surface area contributed by atoms with E-state index in [9.17, 15) is 4.79 Å². The molecule has 1 amide bonds. The summed E-state index contributed by atoms with van der Waals surface area (Å²) in [6, 6.07) is 15.5. The molecule has 0 aliphatic heterocycles. The molecule has 0 aromatic heterocycles. The fraction of sp³-hybridized carbons (Fsp3) is 0.300. The van der Waals surface area contributed by atoms with Crippen molar-refractivity contribution in [1.82, 2.24) is 5.43 Å². The van der Waals surface area contributed by atoms with Gasteiger partial charge in [0.25, 0.3) is 5.91 Å². The van der Waals surface area contributed by atoms with Crippen molar-refractivity contribution < 1.29 is 9.53 Å². The molecule has 0 radical (unpaired) electrons. The number of fused-ring (bicyclic) bond motifs is 1. The highest BCUT2D eigenvalue weighted by molar-refractivity contribution is 6.04. The van der Waals surface area contributed by atoms with E-state index in [0.29, 0.717) is 17.9 Å². The first-order valence-corrected chi connectivity index (χ1v) is 8.46. The van der Waals surface area contributed by atoms with E-state index in [-0.39, 0.29) is 5.91 Å². The molecule has 1 N–H and O–H groups in total. The first-order chi connectivity index (χ1) is 11.8. The number of nitrogens with zero attached hydrogens (tertiary/aromatic N) is 1. The fourth-order valence-electron chi connectivity index (χ4n) is 2.89. The van der Waals surface area contributed by atoms with Crippen molar-refractivity contribution in [2.45, 2.75) is 32.6 Å². The number of aryl methyl sites for hydroxylation is 1. The number of para-hydroxylation sites is 1. The lowest BCUT2D eigenvalue weighted by molar-refractivity contribution is 0.0950. The molecule has 124 valence electrons. The number of carbonyl (C=O) groups is 1. The summed E-state index contributed by atoms with van der Waals surface area (Å²) in [6.45, 7) is 2.63. The Hall–Kier alpha value is -2.62. The van der Waals surface area contributed by atoms with Crippen LogP contribution in [0.1, 0.15) is 47.7 Å². The topological polar surface area (TPSA) is 50.7 Å². The molecule has 0 unspecified atom stereocenters. The number of amides is 1. The molecule has 2 aromatic carbocycles. The molecule has 0 spiro atoms. The zero-order valence-electron chi connectivity index (χ0n) is 13.9. The maximum absolute atomic E-state index is 12.5. The summed E-state index contributed by atoms with van der Waals surface area (Å²) in [7, 11) is 0. The largest absolute Gasteiger partial charge is 0.493 e. The lowest BCUT2D eigenvalue weighted by Crippen LogP contribution is -2.22. The Morgan fingerprint density at radius 3 is 2.79 bits per heavy atom. The van der Waals surface area contributed by atoms with Gasteiger partial charge in [0.1, 0.15) is 5.75 Å². The first-order valence-electron chi connectivity index (χ1n) is 8.46. The minimum Gasteiger partial charge on any atom is -0.493 e. The molecule has 24 heavy (non-hydrogen) atoms. The summed E-state index contributed by atoms with van der Waals surface area (Å²) in [5, 5.41) is 4.38. The normalized spacial score (nSPS) is 15.0. The van der Waals surface area contributed by atoms with Crippen molar-refractivity contribution in [2.24, 2.45) is 5.10 Å². The average Bonchev–Trinajstić information content (AvgIpc) is 2.64. The molecule has 0 saturated carbocycles. The Kier molecular flexibility index (Phi) is 5.26. The smallest absolute Gasteiger partial charge is 0.275 e. The third-order valence-corrected chi connectivity index (χ3v) is 4.07. The van der Waals surface area contributed by atoms with E-state index in [1.807, 2.05) is 37.3 Å². The van der Waals surface area contributed by atoms with Gasteiger partial charge in [-0.3, -0.25) is 4.79 Å². The van der Waals surface area contributed by atoms with Gasteiger partial charge in [0.05, 0.1) is 17.9 Å². The lowest BCUT2D eigenvalue weighted by Gasteiger charge is -2.17. The van der Waals surface area contributed by atoms with Crippen LogP contribution in [0.4, 0.5) is 0 Å². The second-order valence-electron chi connectivity index (χ2n) is 5.85. The fourth-order valence-corrected chi connectivity index (χ4v) is 2.89. The van der Waals surface area contributed by atoms with Crippen LogP contribution in [0, 0.1) is 0 Å². The van der Waals surface area contributed by atoms with Gasteiger partial charge in [0.2, 0.25) is 0 Å². The molecule has 4 nitrogen and oxygen atoms in total. The number of ether oxygens (including phenoxy) is 1. The van der Waals surface area contributed by atoms with E-state index in [2.05, 4.69) is 22.7 Å². The molecule has 4 heteroatoms. The number of benzene rings is 2. The van der Waals surface area contributed by atoms with Gasteiger partial charge >= 0.3 is 0 Å². The van der Waals surface area contributed by atoms with Crippen LogP contribution >= 0.6 is 0 Å². The summed E-state index contributed by atoms with van der Waals surface area (Å²) in [5.74, 6) is 0.360. The van der Waals surface area contributed by atoms with Gasteiger partial charge in [-0.25, -0.2) is 5.43 Å². The molecule has 0 atom stereocenters. The first kappa shape index (κ1) is 16.2. The van der Waals surface area contributed by atoms with Gasteiger partial charge in [-0.05, 0) is 43.4 Å². The van der Waals surface area contributed by atoms with Crippen LogP contribution in [0.2, 0.25) is 0 Å². The third-order valence-electron chi connectivity index (χ3n) is 4.07. The van der Waals surface area contributed by atoms with E-state index < -0.39 is 0 Å². The van der Waals surface area contributed by atoms with Crippen LogP contribution in [-0.2, 0) is 6.42 Å². The molecule has 1 aliphatic rings. The van der Waals surface area contributed by atoms with Gasteiger partial charge in [-0.1, -0.05) is 43.3 Å². The molecule has 3 rings (SSSR count). The molecular weight excluding hydrogens is 300 g/mol. The Bertz CT molecular complexity index is 753. The molecular formula is C20H22N2O2. The summed E-state index contributed by atoms with van der Waals surface area (Å²) in [6.07, 6.45) is 3.90. The Balaban J connectivity index is 1.77. The number of carbonyl (C=O) groups excluding carboxylic acids is 1. The zero-order valence-corrected chi connectivity index (χ0v) is 13.9. The van der Waals surface area contributed by atoms with Crippen molar-refractivity contribution >= 4 is 11.6 Å². The van der Waals surface area contributed by atoms with E-state index in [4.69, 9.17) is 4.74 Å². The van der Waals surface area contributed by atoms with Crippen LogP contribution in [0.5, 0.6) is 5.75 Å². The zero-order chi connectivity index (χ0) is 16.8. The highest BCUT2D eigenvalue weighted by Gasteiger charge is 2.16. The van der Waals surface area contributed by atoms with Crippen LogP contribution in [-0.4, -0.2) is 18.2 Å². The van der Waals surface area contributed by atoms with Crippen molar-refractivity contribution in [1.29, 1.82) is 0 Å². The van der Waals surface area contributed by atoms with Gasteiger partial charge in [0.15, 0.2) is 0 Å². The maximum atomic E-state index is 12.5. The second-order valence-corrected chi connectivity index (χ2v) is 5.85. The number of hydrogen-bond donors (Lipinski definition) is 1. The van der Waals surface area contributed by atoms with Gasteiger partial charge in [0, 0.05) is 5.56 Å². The van der Waals surface area contributed by atoms with Crippen LogP contribution < -0.4 is 10.2 Å². The SMILES string of the molecule is CCCOc1ccccc1C(=O)NN=C1CCCc2ccccc21. The quantitative estimate of drug-likeness (QED) is 0.848. The van der Waals surface area contributed by atoms with E-state index in [0.717, 1.165) is 37.0 Å². The Labute approximate surface area is 142 Å². The van der Waals surface area contributed by atoms with Crippen molar-refractivity contribution in [2.75, 3.05) is 6.61 Å². The Morgan fingerprint density at radius 1 is 1.12 bits per heavy atom. The average molecular weight is 322 g/mol. The summed E-state index contributed by atoms with van der Waals surface area (Å²) in [4.78, 5) is 12.5. The minimum absolute atomic E-state index is 0.239. The van der Waals surface area contributed by atoms with Crippen molar-refractivity contribution in [3.63, 3.8) is 0 Å². The van der Waals surface area contributed by atoms with E-state index in [1.165, 1.54) is 5.56 Å². The van der Waals surface area contributed by atoms with Crippen molar-refractivity contribution in [3.05, 3.63) is 65.2 Å². The number of rotatable bonds is 5. The van der Waals surface area contributed by atoms with Crippen LogP contribution in [0.25, 0.3) is 0 Å². The highest BCUT2D eigenvalue weighted by Crippen LogP contribution is 2.22. The molecule has 0 bridgehead atoms. The number of hydrogen-bond acceptors (Lipinski definition) is 3. The maximum Gasteiger partial charge on any atom is 0.275 e. The highest BCUT2D eigenvalue weighted by atomic mass is 16.5. The number of nitrogens with one attached hydrogen (secondary N) is 1. The summed E-state index contributed by atoms with van der Waals surface area (Å²) < 4.78 is 5.65. The predicted octanol–water partition coefficient (Wildman–Crippen LogP) is 3.95. The predicted molar refractivity (Wildman–Crippen MR) is 95.6 cm³/mol. The monoisotopic (exact) mass is 322 g/mol. The van der Waals surface area contributed by atoms with E-state index >= 15 is 0 Å². The van der Waals surface area contributed by atoms with Crippen molar-refractivity contribution in [3.8, 4) is 5.75 Å². The Morgan fingerprint density at radius 2 is 1.92 bits per heavy atom. The minimum atomic E-state index is -0.239. The molecule has 0 saturated heterocycles. The lowest BCUT2D eigenvalue weighted by atomic mass is 9.90. The molecule has 1 aliphatic carbocycles. The summed E-state index contributed by atoms with van der Waals surface area (Å²) in [5.41, 5.74) is 6.58. The molecule has 2 aromatic rings. The van der Waals surface area contributed by atoms with Crippen LogP contribution in [0.3, 0.4) is 0 Å². The van der Waals surface area contributed by atoms with Gasteiger partial charge < -0.3 is 4.74 Å². The number of hydrazone groups is 1. The standard InChI is InChI=1S/C20H22N2O2/c1-2-14-24-19-13-6-5-11-17(19)20(23)22-21-18-12-7-9-15-8-3-4-10-16(15)18/h3-6,8,10-11,13H,2,7,9,12,14H2,1H3,(H,22,23).